The zero-order chi connectivity index (χ0) is 26.8. The van der Waals surface area contributed by atoms with Gasteiger partial charge in [-0.2, -0.15) is 0 Å². The summed E-state index contributed by atoms with van der Waals surface area (Å²) in [5.41, 5.74) is 2.11. The van der Waals surface area contributed by atoms with E-state index in [1.807, 2.05) is 37.3 Å². The van der Waals surface area contributed by atoms with Gasteiger partial charge in [-0.1, -0.05) is 43.3 Å². The third-order valence-electron chi connectivity index (χ3n) is 6.56. The first-order valence-corrected chi connectivity index (χ1v) is 12.0. The van der Waals surface area contributed by atoms with Gasteiger partial charge >= 0.3 is 0 Å². The second-order valence-electron chi connectivity index (χ2n) is 8.81. The molecule has 0 N–H and O–H groups in total. The second-order valence-corrected chi connectivity index (χ2v) is 8.81. The van der Waals surface area contributed by atoms with E-state index in [9.17, 15) is 4.79 Å². The topological polar surface area (TPSA) is 75.5 Å². The molecule has 0 amide bonds. The number of aromatic nitrogens is 3. The Balaban J connectivity index is 1.46. The molecule has 38 heavy (non-hydrogen) atoms. The molecular formula is C30H26FN3O4. The van der Waals surface area contributed by atoms with Gasteiger partial charge < -0.3 is 14.2 Å². The summed E-state index contributed by atoms with van der Waals surface area (Å²) < 4.78 is 33.4. The standard InChI is InChI=1S/C30H26FN3O4/c1-18(19-8-6-5-7-9-19)29-33-17-22(30(35)34(29)2)20-10-11-26(23(31)14-20)38-25-12-13-32-24-16-28(37-4)27(36-3)15-21(24)25/h5-18H,1-4H3/t18-/m1/s1. The van der Waals surface area contributed by atoms with E-state index < -0.39 is 5.82 Å². The Morgan fingerprint density at radius 2 is 1.61 bits per heavy atom. The smallest absolute Gasteiger partial charge is 0.261 e. The maximum absolute atomic E-state index is 15.2. The van der Waals surface area contributed by atoms with Crippen LogP contribution in [-0.2, 0) is 7.05 Å². The molecular weight excluding hydrogens is 485 g/mol. The first-order chi connectivity index (χ1) is 18.4. The Labute approximate surface area is 219 Å². The average molecular weight is 512 g/mol. The van der Waals surface area contributed by atoms with E-state index in [2.05, 4.69) is 9.97 Å². The number of halogens is 1. The first-order valence-electron chi connectivity index (χ1n) is 12.0. The number of ether oxygens (including phenoxy) is 3. The van der Waals surface area contributed by atoms with Gasteiger partial charge in [0.2, 0.25) is 0 Å². The highest BCUT2D eigenvalue weighted by Crippen LogP contribution is 2.37. The molecule has 0 saturated heterocycles. The fraction of sp³-hybridized carbons (Fsp3) is 0.167. The summed E-state index contributed by atoms with van der Waals surface area (Å²) in [4.78, 5) is 22.1. The Hall–Kier alpha value is -4.72. The van der Waals surface area contributed by atoms with Crippen molar-refractivity contribution in [3.8, 4) is 34.1 Å². The van der Waals surface area contributed by atoms with Gasteiger partial charge in [-0.15, -0.1) is 0 Å². The number of benzene rings is 3. The van der Waals surface area contributed by atoms with Gasteiger partial charge in [-0.25, -0.2) is 9.37 Å². The highest BCUT2D eigenvalue weighted by Gasteiger charge is 2.18. The van der Waals surface area contributed by atoms with E-state index in [-0.39, 0.29) is 17.2 Å². The van der Waals surface area contributed by atoms with E-state index >= 15 is 4.39 Å². The van der Waals surface area contributed by atoms with Gasteiger partial charge in [0.15, 0.2) is 23.1 Å². The van der Waals surface area contributed by atoms with E-state index in [1.54, 1.807) is 44.6 Å². The summed E-state index contributed by atoms with van der Waals surface area (Å²) in [7, 11) is 4.76. The average Bonchev–Trinajstić information content (AvgIpc) is 2.95. The molecule has 0 unspecified atom stereocenters. The minimum atomic E-state index is -0.614. The van der Waals surface area contributed by atoms with E-state index in [1.165, 1.54) is 30.0 Å². The number of rotatable bonds is 7. The van der Waals surface area contributed by atoms with E-state index in [4.69, 9.17) is 14.2 Å². The lowest BCUT2D eigenvalue weighted by Gasteiger charge is -2.16. The molecule has 0 spiro atoms. The summed E-state index contributed by atoms with van der Waals surface area (Å²) >= 11 is 0. The lowest BCUT2D eigenvalue weighted by molar-refractivity contribution is 0.355. The number of fused-ring (bicyclic) bond motifs is 1. The van der Waals surface area contributed by atoms with Crippen LogP contribution in [0.25, 0.3) is 22.0 Å². The predicted octanol–water partition coefficient (Wildman–Crippen LogP) is 6.10. The zero-order valence-electron chi connectivity index (χ0n) is 21.4. The maximum Gasteiger partial charge on any atom is 0.261 e. The molecule has 0 aliphatic heterocycles. The van der Waals surface area contributed by atoms with Crippen molar-refractivity contribution < 1.29 is 18.6 Å². The third-order valence-corrected chi connectivity index (χ3v) is 6.56. The van der Waals surface area contributed by atoms with Crippen molar-refractivity contribution in [3.63, 3.8) is 0 Å². The highest BCUT2D eigenvalue weighted by molar-refractivity contribution is 5.88. The van der Waals surface area contributed by atoms with Gasteiger partial charge in [0, 0.05) is 36.8 Å². The Morgan fingerprint density at radius 1 is 0.868 bits per heavy atom. The fourth-order valence-electron chi connectivity index (χ4n) is 4.45. The van der Waals surface area contributed by atoms with Crippen molar-refractivity contribution in [1.82, 2.24) is 14.5 Å². The van der Waals surface area contributed by atoms with Crippen molar-refractivity contribution in [1.29, 1.82) is 0 Å². The molecule has 8 heteroatoms. The molecule has 192 valence electrons. The predicted molar refractivity (Wildman–Crippen MR) is 144 cm³/mol. The lowest BCUT2D eigenvalue weighted by atomic mass is 10.00. The van der Waals surface area contributed by atoms with E-state index in [0.717, 1.165) is 5.56 Å². The normalized spacial score (nSPS) is 11.8. The third kappa shape index (κ3) is 4.56. The number of hydrogen-bond donors (Lipinski definition) is 0. The summed E-state index contributed by atoms with van der Waals surface area (Å²) in [6, 6.07) is 19.4. The molecule has 5 rings (SSSR count). The molecule has 2 heterocycles. The Morgan fingerprint density at radius 3 is 2.32 bits per heavy atom. The van der Waals surface area contributed by atoms with Crippen LogP contribution in [0.1, 0.15) is 24.2 Å². The SMILES string of the molecule is COc1cc2nccc(Oc3ccc(-c4cnc([C@H](C)c5ccccc5)n(C)c4=O)cc3F)c2cc1OC. The van der Waals surface area contributed by atoms with Gasteiger partial charge in [0.1, 0.15) is 11.6 Å². The van der Waals surface area contributed by atoms with Crippen molar-refractivity contribution in [2.45, 2.75) is 12.8 Å². The molecule has 0 saturated carbocycles. The lowest BCUT2D eigenvalue weighted by Crippen LogP contribution is -2.25. The van der Waals surface area contributed by atoms with Crippen LogP contribution < -0.4 is 19.8 Å². The van der Waals surface area contributed by atoms with Crippen LogP contribution in [0.3, 0.4) is 0 Å². The molecule has 0 radical (unpaired) electrons. The molecule has 3 aromatic carbocycles. The monoisotopic (exact) mass is 511 g/mol. The van der Waals surface area contributed by atoms with Crippen LogP contribution in [0.5, 0.6) is 23.0 Å². The van der Waals surface area contributed by atoms with E-state index in [0.29, 0.717) is 45.1 Å². The molecule has 1 atom stereocenters. The summed E-state index contributed by atoms with van der Waals surface area (Å²) in [5, 5.41) is 0.634. The summed E-state index contributed by atoms with van der Waals surface area (Å²) in [6.07, 6.45) is 3.08. The van der Waals surface area contributed by atoms with Gasteiger partial charge in [-0.3, -0.25) is 14.3 Å². The van der Waals surface area contributed by atoms with Crippen LogP contribution >= 0.6 is 0 Å². The van der Waals surface area contributed by atoms with Crippen molar-refractivity contribution in [2.75, 3.05) is 14.2 Å². The van der Waals surface area contributed by atoms with Gasteiger partial charge in [0.05, 0.1) is 25.3 Å². The maximum atomic E-state index is 15.2. The van der Waals surface area contributed by atoms with Crippen LogP contribution in [0.15, 0.2) is 83.9 Å². The molecule has 0 bridgehead atoms. The van der Waals surface area contributed by atoms with Gasteiger partial charge in [0.25, 0.3) is 5.56 Å². The highest BCUT2D eigenvalue weighted by atomic mass is 19.1. The van der Waals surface area contributed by atoms with Crippen LogP contribution in [0.4, 0.5) is 4.39 Å². The Kier molecular flexibility index (Phi) is 6.79. The quantitative estimate of drug-likeness (QED) is 0.263. The number of hydrogen-bond acceptors (Lipinski definition) is 6. The van der Waals surface area contributed by atoms with Crippen molar-refractivity contribution in [2.24, 2.45) is 7.05 Å². The van der Waals surface area contributed by atoms with Gasteiger partial charge in [-0.05, 0) is 35.4 Å². The largest absolute Gasteiger partial charge is 0.493 e. The second kappa shape index (κ2) is 10.3. The van der Waals surface area contributed by atoms with Crippen LogP contribution in [0, 0.1) is 5.82 Å². The Bertz CT molecular complexity index is 1690. The minimum Gasteiger partial charge on any atom is -0.493 e. The number of nitrogens with zero attached hydrogens (tertiary/aromatic N) is 3. The molecule has 0 aliphatic carbocycles. The van der Waals surface area contributed by atoms with Crippen LogP contribution in [-0.4, -0.2) is 28.8 Å². The zero-order valence-corrected chi connectivity index (χ0v) is 21.4. The molecule has 2 aromatic heterocycles. The van der Waals surface area contributed by atoms with Crippen molar-refractivity contribution >= 4 is 10.9 Å². The number of pyridine rings is 1. The summed E-state index contributed by atoms with van der Waals surface area (Å²) in [5.74, 6) is 1.37. The number of methoxy groups -OCH3 is 2. The summed E-state index contributed by atoms with van der Waals surface area (Å²) in [6.45, 7) is 2.00. The fourth-order valence-corrected chi connectivity index (χ4v) is 4.45. The van der Waals surface area contributed by atoms with Crippen molar-refractivity contribution in [3.05, 3.63) is 107 Å². The minimum absolute atomic E-state index is 0.00939. The van der Waals surface area contributed by atoms with Crippen LogP contribution in [0.2, 0.25) is 0 Å². The first kappa shape index (κ1) is 25.0. The molecule has 0 fully saturated rings. The molecule has 5 aromatic rings. The molecule has 0 aliphatic rings. The molecule has 7 nitrogen and oxygen atoms in total.